The van der Waals surface area contributed by atoms with E-state index in [1.807, 2.05) is 25.1 Å². The third-order valence-electron chi connectivity index (χ3n) is 2.64. The molecule has 0 atom stereocenters. The number of aryl methyl sites for hydroxylation is 1. The molecule has 0 radical (unpaired) electrons. The Morgan fingerprint density at radius 2 is 2.11 bits per heavy atom. The average Bonchev–Trinajstić information content (AvgIpc) is 2.43. The first kappa shape index (κ1) is 13.5. The van der Waals surface area contributed by atoms with Crippen molar-refractivity contribution in [3.8, 4) is 0 Å². The van der Waals surface area contributed by atoms with Crippen molar-refractivity contribution < 1.29 is 9.53 Å². The smallest absolute Gasteiger partial charge is 0.339 e. The highest BCUT2D eigenvalue weighted by Crippen LogP contribution is 2.23. The lowest BCUT2D eigenvalue weighted by Crippen LogP contribution is -2.06. The maximum atomic E-state index is 11.7. The second kappa shape index (κ2) is 5.84. The molecule has 0 spiro atoms. The number of nitrogens with one attached hydrogen (secondary N) is 1. The number of esters is 1. The van der Waals surface area contributed by atoms with Crippen LogP contribution in [0.1, 0.15) is 15.9 Å². The Hall–Kier alpha value is -1.88. The highest BCUT2D eigenvalue weighted by molar-refractivity contribution is 9.10. The number of benzene rings is 1. The third-order valence-corrected chi connectivity index (χ3v) is 3.47. The SMILES string of the molecule is COC(=O)c1ccccc1Nc1cc(C)c(Br)cn1. The number of hydrogen-bond acceptors (Lipinski definition) is 4. The summed E-state index contributed by atoms with van der Waals surface area (Å²) >= 11 is 3.40. The van der Waals surface area contributed by atoms with E-state index in [4.69, 9.17) is 4.74 Å². The number of ether oxygens (including phenoxy) is 1. The summed E-state index contributed by atoms with van der Waals surface area (Å²) in [5, 5.41) is 3.12. The van der Waals surface area contributed by atoms with Gasteiger partial charge in [0, 0.05) is 10.7 Å². The van der Waals surface area contributed by atoms with Gasteiger partial charge in [-0.3, -0.25) is 0 Å². The van der Waals surface area contributed by atoms with Crippen LogP contribution in [0.4, 0.5) is 11.5 Å². The minimum atomic E-state index is -0.378. The number of halogens is 1. The molecular weight excluding hydrogens is 308 g/mol. The first-order chi connectivity index (χ1) is 9.11. The van der Waals surface area contributed by atoms with Crippen molar-refractivity contribution in [2.45, 2.75) is 6.92 Å². The van der Waals surface area contributed by atoms with Crippen molar-refractivity contribution in [1.29, 1.82) is 0 Å². The van der Waals surface area contributed by atoms with Gasteiger partial charge in [0.25, 0.3) is 0 Å². The van der Waals surface area contributed by atoms with E-state index in [0.717, 1.165) is 10.0 Å². The number of methoxy groups -OCH3 is 1. The summed E-state index contributed by atoms with van der Waals surface area (Å²) in [4.78, 5) is 15.9. The molecule has 98 valence electrons. The van der Waals surface area contributed by atoms with Crippen LogP contribution >= 0.6 is 15.9 Å². The summed E-state index contributed by atoms with van der Waals surface area (Å²) in [7, 11) is 1.36. The number of carbonyl (C=O) groups excluding carboxylic acids is 1. The average molecular weight is 321 g/mol. The number of aromatic nitrogens is 1. The van der Waals surface area contributed by atoms with E-state index in [0.29, 0.717) is 17.1 Å². The monoisotopic (exact) mass is 320 g/mol. The summed E-state index contributed by atoms with van der Waals surface area (Å²) in [6.07, 6.45) is 1.72. The van der Waals surface area contributed by atoms with E-state index in [-0.39, 0.29) is 5.97 Å². The summed E-state index contributed by atoms with van der Waals surface area (Å²) < 4.78 is 5.69. The minimum Gasteiger partial charge on any atom is -0.465 e. The zero-order valence-corrected chi connectivity index (χ0v) is 12.2. The van der Waals surface area contributed by atoms with Crippen molar-refractivity contribution in [2.24, 2.45) is 0 Å². The third kappa shape index (κ3) is 3.12. The molecule has 0 aliphatic carbocycles. The molecule has 0 aliphatic heterocycles. The quantitative estimate of drug-likeness (QED) is 0.876. The first-order valence-corrected chi connectivity index (χ1v) is 6.47. The van der Waals surface area contributed by atoms with E-state index in [1.54, 1.807) is 18.3 Å². The molecule has 2 aromatic rings. The maximum Gasteiger partial charge on any atom is 0.339 e. The van der Waals surface area contributed by atoms with Gasteiger partial charge in [-0.15, -0.1) is 0 Å². The van der Waals surface area contributed by atoms with Gasteiger partial charge in [0.2, 0.25) is 0 Å². The molecule has 1 aromatic carbocycles. The van der Waals surface area contributed by atoms with Crippen LogP contribution in [0.15, 0.2) is 41.0 Å². The van der Waals surface area contributed by atoms with Crippen LogP contribution in [0.25, 0.3) is 0 Å². The Morgan fingerprint density at radius 1 is 1.37 bits per heavy atom. The lowest BCUT2D eigenvalue weighted by Gasteiger charge is -2.10. The molecule has 0 unspecified atom stereocenters. The molecule has 2 rings (SSSR count). The number of pyridine rings is 1. The Balaban J connectivity index is 2.32. The van der Waals surface area contributed by atoms with E-state index in [9.17, 15) is 4.79 Å². The van der Waals surface area contributed by atoms with Crippen molar-refractivity contribution in [2.75, 3.05) is 12.4 Å². The maximum absolute atomic E-state index is 11.7. The summed E-state index contributed by atoms with van der Waals surface area (Å²) in [5.74, 6) is 0.300. The van der Waals surface area contributed by atoms with Crippen LogP contribution in [-0.2, 0) is 4.74 Å². The number of carbonyl (C=O) groups is 1. The van der Waals surface area contributed by atoms with Crippen LogP contribution in [-0.4, -0.2) is 18.1 Å². The Bertz CT molecular complexity index is 614. The van der Waals surface area contributed by atoms with Crippen LogP contribution in [0.3, 0.4) is 0 Å². The van der Waals surface area contributed by atoms with E-state index >= 15 is 0 Å². The molecule has 0 aliphatic rings. The molecule has 1 heterocycles. The number of rotatable bonds is 3. The molecule has 0 fully saturated rings. The lowest BCUT2D eigenvalue weighted by molar-refractivity contribution is 0.0602. The predicted molar refractivity (Wildman–Crippen MR) is 77.7 cm³/mol. The highest BCUT2D eigenvalue weighted by Gasteiger charge is 2.11. The summed E-state index contributed by atoms with van der Waals surface area (Å²) in [6.45, 7) is 1.98. The van der Waals surface area contributed by atoms with E-state index in [2.05, 4.69) is 26.2 Å². The number of para-hydroxylation sites is 1. The molecule has 19 heavy (non-hydrogen) atoms. The molecule has 1 aromatic heterocycles. The number of anilines is 2. The van der Waals surface area contributed by atoms with Crippen molar-refractivity contribution in [1.82, 2.24) is 4.98 Å². The van der Waals surface area contributed by atoms with Gasteiger partial charge in [-0.25, -0.2) is 9.78 Å². The molecule has 4 nitrogen and oxygen atoms in total. The van der Waals surface area contributed by atoms with Crippen molar-refractivity contribution in [3.05, 3.63) is 52.1 Å². The van der Waals surface area contributed by atoms with Gasteiger partial charge in [-0.05, 0) is 46.6 Å². The number of nitrogens with zero attached hydrogens (tertiary/aromatic N) is 1. The van der Waals surface area contributed by atoms with E-state index in [1.165, 1.54) is 7.11 Å². The zero-order chi connectivity index (χ0) is 13.8. The fraction of sp³-hybridized carbons (Fsp3) is 0.143. The molecule has 0 saturated heterocycles. The van der Waals surface area contributed by atoms with Gasteiger partial charge in [0.15, 0.2) is 0 Å². The summed E-state index contributed by atoms with van der Waals surface area (Å²) in [5.41, 5.74) is 2.21. The van der Waals surface area contributed by atoms with E-state index < -0.39 is 0 Å². The minimum absolute atomic E-state index is 0.378. The molecule has 0 saturated carbocycles. The molecule has 0 amide bonds. The largest absolute Gasteiger partial charge is 0.465 e. The fourth-order valence-electron chi connectivity index (χ4n) is 1.63. The highest BCUT2D eigenvalue weighted by atomic mass is 79.9. The van der Waals surface area contributed by atoms with Crippen LogP contribution in [0.2, 0.25) is 0 Å². The molecule has 5 heteroatoms. The molecule has 1 N–H and O–H groups in total. The van der Waals surface area contributed by atoms with Gasteiger partial charge in [-0.1, -0.05) is 12.1 Å². The van der Waals surface area contributed by atoms with Crippen LogP contribution < -0.4 is 5.32 Å². The first-order valence-electron chi connectivity index (χ1n) is 5.68. The number of hydrogen-bond donors (Lipinski definition) is 1. The van der Waals surface area contributed by atoms with Crippen LogP contribution in [0, 0.1) is 6.92 Å². The Kier molecular flexibility index (Phi) is 4.16. The van der Waals surface area contributed by atoms with Gasteiger partial charge < -0.3 is 10.1 Å². The van der Waals surface area contributed by atoms with Gasteiger partial charge in [0.05, 0.1) is 18.4 Å². The second-order valence-electron chi connectivity index (χ2n) is 3.98. The fourth-order valence-corrected chi connectivity index (χ4v) is 1.84. The summed E-state index contributed by atoms with van der Waals surface area (Å²) in [6, 6.07) is 9.06. The topological polar surface area (TPSA) is 51.2 Å². The molecule has 0 bridgehead atoms. The van der Waals surface area contributed by atoms with Gasteiger partial charge in [0.1, 0.15) is 5.82 Å². The standard InChI is InChI=1S/C14H13BrN2O2/c1-9-7-13(16-8-11(9)15)17-12-6-4-3-5-10(12)14(18)19-2/h3-8H,1-2H3,(H,16,17). The Labute approximate surface area is 119 Å². The Morgan fingerprint density at radius 3 is 2.79 bits per heavy atom. The van der Waals surface area contributed by atoms with Crippen molar-refractivity contribution in [3.63, 3.8) is 0 Å². The normalized spacial score (nSPS) is 10.1. The van der Waals surface area contributed by atoms with Crippen LogP contribution in [0.5, 0.6) is 0 Å². The zero-order valence-electron chi connectivity index (χ0n) is 10.6. The lowest BCUT2D eigenvalue weighted by atomic mass is 10.2. The van der Waals surface area contributed by atoms with Crippen molar-refractivity contribution >= 4 is 33.4 Å². The molecular formula is C14H13BrN2O2. The second-order valence-corrected chi connectivity index (χ2v) is 4.84. The van der Waals surface area contributed by atoms with Gasteiger partial charge >= 0.3 is 5.97 Å². The predicted octanol–water partition coefficient (Wildman–Crippen LogP) is 3.68. The van der Waals surface area contributed by atoms with Gasteiger partial charge in [-0.2, -0.15) is 0 Å².